The van der Waals surface area contributed by atoms with E-state index in [0.29, 0.717) is 13.1 Å². The van der Waals surface area contributed by atoms with E-state index in [-0.39, 0.29) is 0 Å². The van der Waals surface area contributed by atoms with Crippen molar-refractivity contribution in [2.45, 2.75) is 25.3 Å². The largest absolute Gasteiger partial charge is 0.480 e. The molecule has 1 aliphatic heterocycles. The average molecular weight is 248 g/mol. The van der Waals surface area contributed by atoms with Crippen molar-refractivity contribution in [3.63, 3.8) is 0 Å². The zero-order valence-corrected chi connectivity index (χ0v) is 10.1. The zero-order valence-electron chi connectivity index (χ0n) is 10.1. The Bertz CT molecular complexity index is 477. The summed E-state index contributed by atoms with van der Waals surface area (Å²) in [6.07, 6.45) is 4.74. The van der Waals surface area contributed by atoms with E-state index >= 15 is 0 Å². The molecule has 0 amide bonds. The zero-order chi connectivity index (χ0) is 12.5. The number of nitrogens with one attached hydrogen (secondary N) is 1. The van der Waals surface area contributed by atoms with E-state index in [4.69, 9.17) is 5.11 Å². The topological polar surface area (TPSA) is 78.3 Å². The van der Waals surface area contributed by atoms with Crippen molar-refractivity contribution in [1.82, 2.24) is 15.3 Å². The molecule has 3 rings (SSSR count). The van der Waals surface area contributed by atoms with Crippen LogP contribution < -0.4 is 10.2 Å². The number of hydrogen-bond donors (Lipinski definition) is 2. The van der Waals surface area contributed by atoms with Gasteiger partial charge in [-0.3, -0.25) is 4.79 Å². The van der Waals surface area contributed by atoms with Gasteiger partial charge in [-0.05, 0) is 19.3 Å². The summed E-state index contributed by atoms with van der Waals surface area (Å²) in [6.45, 7) is 1.95. The lowest BCUT2D eigenvalue weighted by Crippen LogP contribution is -2.54. The van der Waals surface area contributed by atoms with Crippen molar-refractivity contribution in [3.05, 3.63) is 17.6 Å². The van der Waals surface area contributed by atoms with Gasteiger partial charge in [0.15, 0.2) is 0 Å². The molecular formula is C12H16N4O2. The Labute approximate surface area is 105 Å². The van der Waals surface area contributed by atoms with E-state index in [0.717, 1.165) is 37.3 Å². The maximum absolute atomic E-state index is 11.0. The summed E-state index contributed by atoms with van der Waals surface area (Å²) in [5, 5.41) is 12.1. The Morgan fingerprint density at radius 1 is 1.44 bits per heavy atom. The first kappa shape index (κ1) is 11.4. The number of carbonyl (C=O) groups is 1. The summed E-state index contributed by atoms with van der Waals surface area (Å²) in [4.78, 5) is 21.8. The van der Waals surface area contributed by atoms with E-state index in [9.17, 15) is 4.79 Å². The lowest BCUT2D eigenvalue weighted by Gasteiger charge is -2.33. The molecule has 6 nitrogen and oxygen atoms in total. The monoisotopic (exact) mass is 248 g/mol. The van der Waals surface area contributed by atoms with Gasteiger partial charge in [-0.2, -0.15) is 0 Å². The first-order chi connectivity index (χ1) is 8.75. The third-order valence-electron chi connectivity index (χ3n) is 3.63. The summed E-state index contributed by atoms with van der Waals surface area (Å²) >= 11 is 0. The second-order valence-electron chi connectivity index (χ2n) is 4.77. The average Bonchev–Trinajstić information content (AvgIpc) is 2.87. The number of nitrogens with zero attached hydrogens (tertiary/aromatic N) is 3. The number of carboxylic acid groups (broad SMARTS) is 1. The Balaban J connectivity index is 1.86. The predicted octanol–water partition coefficient (Wildman–Crippen LogP) is -0.172. The fraction of sp³-hybridized carbons (Fsp3) is 0.583. The summed E-state index contributed by atoms with van der Waals surface area (Å²) in [7, 11) is 0. The van der Waals surface area contributed by atoms with Crippen molar-refractivity contribution in [3.8, 4) is 0 Å². The molecule has 2 heterocycles. The minimum absolute atomic E-state index is 0.471. The number of piperazine rings is 1. The van der Waals surface area contributed by atoms with Crippen LogP contribution in [0.15, 0.2) is 6.33 Å². The van der Waals surface area contributed by atoms with Gasteiger partial charge in [0.1, 0.15) is 18.2 Å². The number of aliphatic carboxylic acids is 1. The molecule has 1 atom stereocenters. The molecule has 1 aromatic heterocycles. The lowest BCUT2D eigenvalue weighted by molar-refractivity contribution is -0.139. The standard InChI is InChI=1S/C12H16N4O2/c17-12(18)10-6-16(5-4-13-10)11-8-2-1-3-9(8)14-7-15-11/h7,10,13H,1-6H2,(H,17,18). The lowest BCUT2D eigenvalue weighted by atomic mass is 10.1. The number of hydrogen-bond acceptors (Lipinski definition) is 5. The summed E-state index contributed by atoms with van der Waals surface area (Å²) in [5.41, 5.74) is 2.34. The van der Waals surface area contributed by atoms with Crippen LogP contribution in [0.5, 0.6) is 0 Å². The third-order valence-corrected chi connectivity index (χ3v) is 3.63. The second kappa shape index (κ2) is 4.53. The highest BCUT2D eigenvalue weighted by Gasteiger charge is 2.28. The van der Waals surface area contributed by atoms with Gasteiger partial charge in [0, 0.05) is 30.9 Å². The number of aryl methyl sites for hydroxylation is 1. The quantitative estimate of drug-likeness (QED) is 0.756. The summed E-state index contributed by atoms with van der Waals surface area (Å²) < 4.78 is 0. The minimum atomic E-state index is -0.801. The second-order valence-corrected chi connectivity index (χ2v) is 4.77. The first-order valence-electron chi connectivity index (χ1n) is 6.29. The van der Waals surface area contributed by atoms with Crippen LogP contribution in [0.25, 0.3) is 0 Å². The summed E-state index contributed by atoms with van der Waals surface area (Å²) in [6, 6.07) is -0.509. The van der Waals surface area contributed by atoms with Crippen LogP contribution in [-0.2, 0) is 17.6 Å². The van der Waals surface area contributed by atoms with Gasteiger partial charge < -0.3 is 15.3 Å². The van der Waals surface area contributed by atoms with Gasteiger partial charge in [-0.15, -0.1) is 0 Å². The fourth-order valence-electron chi connectivity index (χ4n) is 2.72. The van der Waals surface area contributed by atoms with Crippen LogP contribution in [0.1, 0.15) is 17.7 Å². The Hall–Kier alpha value is -1.69. The summed E-state index contributed by atoms with van der Waals surface area (Å²) in [5.74, 6) is 0.135. The van der Waals surface area contributed by atoms with E-state index in [1.54, 1.807) is 6.33 Å². The molecule has 2 aliphatic rings. The molecule has 1 aromatic rings. The molecule has 1 aliphatic carbocycles. The van der Waals surface area contributed by atoms with Gasteiger partial charge in [0.25, 0.3) is 0 Å². The molecule has 1 unspecified atom stereocenters. The highest BCUT2D eigenvalue weighted by Crippen LogP contribution is 2.28. The van der Waals surface area contributed by atoms with Crippen molar-refractivity contribution < 1.29 is 9.90 Å². The van der Waals surface area contributed by atoms with E-state index < -0.39 is 12.0 Å². The molecule has 1 fully saturated rings. The number of fused-ring (bicyclic) bond motifs is 1. The SMILES string of the molecule is O=C(O)C1CN(c2ncnc3c2CCC3)CCN1. The molecule has 1 saturated heterocycles. The van der Waals surface area contributed by atoms with Crippen LogP contribution in [0, 0.1) is 0 Å². The Morgan fingerprint density at radius 2 is 2.33 bits per heavy atom. The molecule has 0 saturated carbocycles. The van der Waals surface area contributed by atoms with Gasteiger partial charge in [-0.1, -0.05) is 0 Å². The molecule has 6 heteroatoms. The van der Waals surface area contributed by atoms with Crippen molar-refractivity contribution in [2.75, 3.05) is 24.5 Å². The maximum atomic E-state index is 11.0. The number of anilines is 1. The molecule has 2 N–H and O–H groups in total. The smallest absolute Gasteiger partial charge is 0.322 e. The molecule has 18 heavy (non-hydrogen) atoms. The van der Waals surface area contributed by atoms with Gasteiger partial charge in [0.05, 0.1) is 0 Å². The van der Waals surface area contributed by atoms with Crippen molar-refractivity contribution in [2.24, 2.45) is 0 Å². The third kappa shape index (κ3) is 1.92. The normalized spacial score (nSPS) is 22.9. The Morgan fingerprint density at radius 3 is 3.17 bits per heavy atom. The van der Waals surface area contributed by atoms with Crippen LogP contribution in [-0.4, -0.2) is 46.7 Å². The van der Waals surface area contributed by atoms with Crippen LogP contribution >= 0.6 is 0 Å². The highest BCUT2D eigenvalue weighted by molar-refractivity contribution is 5.75. The van der Waals surface area contributed by atoms with E-state index in [1.165, 1.54) is 5.56 Å². The molecule has 0 spiro atoms. The molecule has 0 radical (unpaired) electrons. The van der Waals surface area contributed by atoms with Crippen LogP contribution in [0.2, 0.25) is 0 Å². The number of carboxylic acids is 1. The number of aromatic nitrogens is 2. The van der Waals surface area contributed by atoms with E-state index in [1.807, 2.05) is 0 Å². The number of rotatable bonds is 2. The predicted molar refractivity (Wildman–Crippen MR) is 65.7 cm³/mol. The fourth-order valence-corrected chi connectivity index (χ4v) is 2.72. The minimum Gasteiger partial charge on any atom is -0.480 e. The highest BCUT2D eigenvalue weighted by atomic mass is 16.4. The van der Waals surface area contributed by atoms with Crippen molar-refractivity contribution >= 4 is 11.8 Å². The molecule has 0 bridgehead atoms. The molecule has 96 valence electrons. The van der Waals surface area contributed by atoms with Crippen molar-refractivity contribution in [1.29, 1.82) is 0 Å². The van der Waals surface area contributed by atoms with Gasteiger partial charge >= 0.3 is 5.97 Å². The van der Waals surface area contributed by atoms with E-state index in [2.05, 4.69) is 20.2 Å². The van der Waals surface area contributed by atoms with Gasteiger partial charge in [-0.25, -0.2) is 9.97 Å². The Kier molecular flexibility index (Phi) is 2.87. The maximum Gasteiger partial charge on any atom is 0.322 e. The molecular weight excluding hydrogens is 232 g/mol. The van der Waals surface area contributed by atoms with Crippen LogP contribution in [0.3, 0.4) is 0 Å². The van der Waals surface area contributed by atoms with Gasteiger partial charge in [0.2, 0.25) is 0 Å². The first-order valence-corrected chi connectivity index (χ1v) is 6.29. The van der Waals surface area contributed by atoms with Crippen LogP contribution in [0.4, 0.5) is 5.82 Å². The molecule has 0 aromatic carbocycles.